The fourth-order valence-electron chi connectivity index (χ4n) is 3.05. The molecule has 1 aliphatic heterocycles. The molecule has 8 nitrogen and oxygen atoms in total. The number of aromatic nitrogens is 2. The van der Waals surface area contributed by atoms with Gasteiger partial charge in [-0.1, -0.05) is 13.8 Å². The van der Waals surface area contributed by atoms with Gasteiger partial charge in [-0.05, 0) is 25.7 Å². The predicted molar refractivity (Wildman–Crippen MR) is 94.8 cm³/mol. The molecule has 2 rings (SSSR count). The zero-order valence-electron chi connectivity index (χ0n) is 15.7. The maximum Gasteiger partial charge on any atom is 0.306 e. The van der Waals surface area contributed by atoms with Crippen molar-refractivity contribution in [3.63, 3.8) is 0 Å². The SMILES string of the molecule is Cc1ncc(C(=O)N(C)CC(=O)N2CCC(C(=O)O)CC2)c(C(C)C)n1. The molecule has 1 aromatic heterocycles. The average molecular weight is 362 g/mol. The molecule has 1 aromatic rings. The second-order valence-corrected chi connectivity index (χ2v) is 7.03. The quantitative estimate of drug-likeness (QED) is 0.847. The summed E-state index contributed by atoms with van der Waals surface area (Å²) in [6, 6.07) is 0. The fraction of sp³-hybridized carbons (Fsp3) is 0.611. The third-order valence-corrected chi connectivity index (χ3v) is 4.63. The number of rotatable bonds is 5. The number of hydrogen-bond acceptors (Lipinski definition) is 5. The number of aryl methyl sites for hydroxylation is 1. The maximum atomic E-state index is 12.7. The van der Waals surface area contributed by atoms with Crippen LogP contribution in [0.1, 0.15) is 54.5 Å². The van der Waals surface area contributed by atoms with Gasteiger partial charge in [0.15, 0.2) is 0 Å². The van der Waals surface area contributed by atoms with Crippen molar-refractivity contribution in [2.75, 3.05) is 26.7 Å². The van der Waals surface area contributed by atoms with E-state index in [0.717, 1.165) is 0 Å². The highest BCUT2D eigenvalue weighted by Gasteiger charge is 2.28. The standard InChI is InChI=1S/C18H26N4O4/c1-11(2)16-14(9-19-12(3)20-16)17(24)21(4)10-15(23)22-7-5-13(6-8-22)18(25)26/h9,11,13H,5-8,10H2,1-4H3,(H,25,26). The number of amides is 2. The highest BCUT2D eigenvalue weighted by molar-refractivity contribution is 5.97. The third-order valence-electron chi connectivity index (χ3n) is 4.63. The Morgan fingerprint density at radius 2 is 1.92 bits per heavy atom. The second-order valence-electron chi connectivity index (χ2n) is 7.03. The van der Waals surface area contributed by atoms with Gasteiger partial charge in [0, 0.05) is 26.3 Å². The van der Waals surface area contributed by atoms with Gasteiger partial charge in [-0.2, -0.15) is 0 Å². The molecule has 0 radical (unpaired) electrons. The Labute approximate surface area is 153 Å². The molecule has 0 aromatic carbocycles. The summed E-state index contributed by atoms with van der Waals surface area (Å²) >= 11 is 0. The number of likely N-dealkylation sites (N-methyl/N-ethyl adjacent to an activating group) is 1. The molecule has 8 heteroatoms. The number of carboxylic acids is 1. The summed E-state index contributed by atoms with van der Waals surface area (Å²) in [5, 5.41) is 9.03. The van der Waals surface area contributed by atoms with Crippen molar-refractivity contribution in [1.82, 2.24) is 19.8 Å². The van der Waals surface area contributed by atoms with E-state index >= 15 is 0 Å². The summed E-state index contributed by atoms with van der Waals surface area (Å²) in [5.74, 6) is -1.01. The van der Waals surface area contributed by atoms with Crippen LogP contribution in [-0.4, -0.2) is 69.3 Å². The lowest BCUT2D eigenvalue weighted by atomic mass is 9.97. The molecule has 2 amide bonds. The first-order valence-electron chi connectivity index (χ1n) is 8.80. The van der Waals surface area contributed by atoms with Crippen LogP contribution in [0.15, 0.2) is 6.20 Å². The Hall–Kier alpha value is -2.51. The van der Waals surface area contributed by atoms with Crippen LogP contribution in [0, 0.1) is 12.8 Å². The minimum atomic E-state index is -0.815. The molecule has 1 N–H and O–H groups in total. The van der Waals surface area contributed by atoms with Gasteiger partial charge in [-0.3, -0.25) is 14.4 Å². The number of piperidine rings is 1. The molecule has 0 unspecified atom stereocenters. The van der Waals surface area contributed by atoms with Crippen LogP contribution in [0.2, 0.25) is 0 Å². The van der Waals surface area contributed by atoms with Gasteiger partial charge in [0.05, 0.1) is 23.7 Å². The van der Waals surface area contributed by atoms with E-state index in [1.165, 1.54) is 11.1 Å². The van der Waals surface area contributed by atoms with Gasteiger partial charge in [-0.15, -0.1) is 0 Å². The molecule has 0 bridgehead atoms. The highest BCUT2D eigenvalue weighted by Crippen LogP contribution is 2.19. The Balaban J connectivity index is 2.01. The van der Waals surface area contributed by atoms with Crippen molar-refractivity contribution < 1.29 is 19.5 Å². The van der Waals surface area contributed by atoms with Crippen LogP contribution < -0.4 is 0 Å². The largest absolute Gasteiger partial charge is 0.481 e. The van der Waals surface area contributed by atoms with E-state index in [4.69, 9.17) is 5.11 Å². The van der Waals surface area contributed by atoms with E-state index in [1.54, 1.807) is 18.9 Å². The zero-order chi connectivity index (χ0) is 19.4. The van der Waals surface area contributed by atoms with E-state index in [0.29, 0.717) is 43.0 Å². The summed E-state index contributed by atoms with van der Waals surface area (Å²) in [7, 11) is 1.58. The molecule has 1 saturated heterocycles. The monoisotopic (exact) mass is 362 g/mol. The minimum absolute atomic E-state index is 0.0536. The van der Waals surface area contributed by atoms with Crippen LogP contribution in [0.25, 0.3) is 0 Å². The van der Waals surface area contributed by atoms with Crippen molar-refractivity contribution >= 4 is 17.8 Å². The number of carbonyl (C=O) groups excluding carboxylic acids is 2. The van der Waals surface area contributed by atoms with E-state index < -0.39 is 11.9 Å². The molecule has 26 heavy (non-hydrogen) atoms. The molecule has 0 saturated carbocycles. The first-order chi connectivity index (χ1) is 12.2. The van der Waals surface area contributed by atoms with E-state index in [1.807, 2.05) is 13.8 Å². The molecule has 0 spiro atoms. The molecule has 0 atom stereocenters. The summed E-state index contributed by atoms with van der Waals surface area (Å²) in [5.41, 5.74) is 1.08. The van der Waals surface area contributed by atoms with Crippen LogP contribution in [-0.2, 0) is 9.59 Å². The third kappa shape index (κ3) is 4.56. The normalized spacial score (nSPS) is 15.2. The molecule has 2 heterocycles. The van der Waals surface area contributed by atoms with Gasteiger partial charge in [0.2, 0.25) is 5.91 Å². The number of nitrogens with zero attached hydrogens (tertiary/aromatic N) is 4. The Morgan fingerprint density at radius 1 is 1.31 bits per heavy atom. The van der Waals surface area contributed by atoms with Crippen molar-refractivity contribution in [2.24, 2.45) is 5.92 Å². The first kappa shape index (κ1) is 19.8. The van der Waals surface area contributed by atoms with Gasteiger partial charge in [0.25, 0.3) is 5.91 Å². The Kier molecular flexibility index (Phi) is 6.28. The van der Waals surface area contributed by atoms with Gasteiger partial charge >= 0.3 is 5.97 Å². The number of carbonyl (C=O) groups is 3. The lowest BCUT2D eigenvalue weighted by Crippen LogP contribution is -2.45. The number of likely N-dealkylation sites (tertiary alicyclic amines) is 1. The van der Waals surface area contributed by atoms with E-state index in [2.05, 4.69) is 9.97 Å². The number of aliphatic carboxylic acids is 1. The number of carboxylic acid groups (broad SMARTS) is 1. The van der Waals surface area contributed by atoms with Gasteiger partial charge in [0.1, 0.15) is 5.82 Å². The summed E-state index contributed by atoms with van der Waals surface area (Å²) < 4.78 is 0. The molecular weight excluding hydrogens is 336 g/mol. The first-order valence-corrected chi connectivity index (χ1v) is 8.80. The topological polar surface area (TPSA) is 104 Å². The lowest BCUT2D eigenvalue weighted by Gasteiger charge is -2.31. The summed E-state index contributed by atoms with van der Waals surface area (Å²) in [6.45, 7) is 6.44. The predicted octanol–water partition coefficient (Wildman–Crippen LogP) is 1.30. The maximum absolute atomic E-state index is 12.7. The second kappa shape index (κ2) is 8.25. The van der Waals surface area contributed by atoms with Crippen LogP contribution in [0.5, 0.6) is 0 Å². The summed E-state index contributed by atoms with van der Waals surface area (Å²) in [4.78, 5) is 47.6. The molecule has 142 valence electrons. The number of hydrogen-bond donors (Lipinski definition) is 1. The smallest absolute Gasteiger partial charge is 0.306 e. The molecule has 1 aliphatic rings. The Morgan fingerprint density at radius 3 is 2.46 bits per heavy atom. The van der Waals surface area contributed by atoms with Crippen LogP contribution in [0.3, 0.4) is 0 Å². The van der Waals surface area contributed by atoms with Crippen LogP contribution in [0.4, 0.5) is 0 Å². The highest BCUT2D eigenvalue weighted by atomic mass is 16.4. The van der Waals surface area contributed by atoms with Crippen LogP contribution >= 0.6 is 0 Å². The van der Waals surface area contributed by atoms with Crippen molar-refractivity contribution in [2.45, 2.75) is 39.5 Å². The fourth-order valence-corrected chi connectivity index (χ4v) is 3.05. The minimum Gasteiger partial charge on any atom is -0.481 e. The lowest BCUT2D eigenvalue weighted by molar-refractivity contribution is -0.145. The van der Waals surface area contributed by atoms with E-state index in [9.17, 15) is 14.4 Å². The molecule has 0 aliphatic carbocycles. The van der Waals surface area contributed by atoms with Crippen molar-refractivity contribution in [3.05, 3.63) is 23.3 Å². The van der Waals surface area contributed by atoms with Gasteiger partial charge in [-0.25, -0.2) is 9.97 Å². The zero-order valence-corrected chi connectivity index (χ0v) is 15.7. The van der Waals surface area contributed by atoms with E-state index in [-0.39, 0.29) is 24.3 Å². The van der Waals surface area contributed by atoms with Crippen molar-refractivity contribution in [3.8, 4) is 0 Å². The average Bonchev–Trinajstić information content (AvgIpc) is 2.60. The van der Waals surface area contributed by atoms with Gasteiger partial charge < -0.3 is 14.9 Å². The summed E-state index contributed by atoms with van der Waals surface area (Å²) in [6.07, 6.45) is 2.41. The molecular formula is C18H26N4O4. The Bertz CT molecular complexity index is 696. The molecule has 1 fully saturated rings. The van der Waals surface area contributed by atoms with Crippen molar-refractivity contribution in [1.29, 1.82) is 0 Å².